The first kappa shape index (κ1) is 23.3. The quantitative estimate of drug-likeness (QED) is 0.452. The molecule has 6 nitrogen and oxygen atoms in total. The van der Waals surface area contributed by atoms with Gasteiger partial charge < -0.3 is 9.47 Å². The standard InChI is InChI=1S/C25H27NO5S/c1-4-5-9-19-12-15-21(16-13-19)26(32(28,29)22-10-7-6-8-11-22)25(27)20-14-17-23(30-2)24(18-20)31-3/h6-8,10-18H,4-5,9H2,1-3H3. The zero-order valence-corrected chi connectivity index (χ0v) is 19.3. The number of sulfonamides is 1. The smallest absolute Gasteiger partial charge is 0.272 e. The molecule has 0 aliphatic heterocycles. The van der Waals surface area contributed by atoms with Gasteiger partial charge in [-0.3, -0.25) is 4.79 Å². The zero-order chi connectivity index (χ0) is 23.1. The van der Waals surface area contributed by atoms with Crippen LogP contribution in [0.25, 0.3) is 0 Å². The van der Waals surface area contributed by atoms with Crippen molar-refractivity contribution in [1.29, 1.82) is 0 Å². The molecule has 0 radical (unpaired) electrons. The molecule has 32 heavy (non-hydrogen) atoms. The highest BCUT2D eigenvalue weighted by Gasteiger charge is 2.32. The summed E-state index contributed by atoms with van der Waals surface area (Å²) in [5.74, 6) is 0.100. The van der Waals surface area contributed by atoms with Crippen LogP contribution in [0.4, 0.5) is 5.69 Å². The minimum atomic E-state index is -4.15. The minimum Gasteiger partial charge on any atom is -0.493 e. The number of carbonyl (C=O) groups excluding carboxylic acids is 1. The number of benzene rings is 3. The predicted octanol–water partition coefficient (Wildman–Crippen LogP) is 5.08. The first-order valence-electron chi connectivity index (χ1n) is 10.4. The third-order valence-electron chi connectivity index (χ3n) is 5.09. The molecule has 3 aromatic carbocycles. The number of methoxy groups -OCH3 is 2. The van der Waals surface area contributed by atoms with Crippen molar-refractivity contribution in [3.63, 3.8) is 0 Å². The van der Waals surface area contributed by atoms with Gasteiger partial charge in [0.05, 0.1) is 24.8 Å². The summed E-state index contributed by atoms with van der Waals surface area (Å²) in [7, 11) is -1.21. The minimum absolute atomic E-state index is 0.0314. The summed E-state index contributed by atoms with van der Waals surface area (Å²) >= 11 is 0. The van der Waals surface area contributed by atoms with Gasteiger partial charge in [-0.25, -0.2) is 8.42 Å². The molecule has 0 aliphatic carbocycles. The normalized spacial score (nSPS) is 11.1. The van der Waals surface area contributed by atoms with Gasteiger partial charge in [-0.1, -0.05) is 43.7 Å². The Labute approximate surface area is 189 Å². The number of aryl methyl sites for hydroxylation is 1. The van der Waals surface area contributed by atoms with Crippen molar-refractivity contribution in [2.75, 3.05) is 18.5 Å². The molecule has 0 aliphatic rings. The van der Waals surface area contributed by atoms with Gasteiger partial charge in [0, 0.05) is 5.56 Å². The Morgan fingerprint density at radius 1 is 0.875 bits per heavy atom. The Bertz CT molecular complexity index is 1160. The molecule has 3 rings (SSSR count). The molecule has 7 heteroatoms. The van der Waals surface area contributed by atoms with Gasteiger partial charge in [0.2, 0.25) is 0 Å². The van der Waals surface area contributed by atoms with Gasteiger partial charge in [0.25, 0.3) is 15.9 Å². The fourth-order valence-corrected chi connectivity index (χ4v) is 4.76. The van der Waals surface area contributed by atoms with Gasteiger partial charge in [0.1, 0.15) is 0 Å². The lowest BCUT2D eigenvalue weighted by molar-refractivity contribution is 0.100. The molecule has 0 spiro atoms. The van der Waals surface area contributed by atoms with Gasteiger partial charge >= 0.3 is 0 Å². The second kappa shape index (κ2) is 10.3. The van der Waals surface area contributed by atoms with E-state index in [1.165, 1.54) is 38.5 Å². The maximum Gasteiger partial charge on any atom is 0.272 e. The average molecular weight is 454 g/mol. The first-order chi connectivity index (χ1) is 15.4. The molecule has 168 valence electrons. The van der Waals surface area contributed by atoms with Crippen LogP contribution in [0.5, 0.6) is 11.5 Å². The van der Waals surface area contributed by atoms with Crippen LogP contribution < -0.4 is 13.8 Å². The summed E-state index contributed by atoms with van der Waals surface area (Å²) < 4.78 is 38.4. The van der Waals surface area contributed by atoms with E-state index in [-0.39, 0.29) is 16.1 Å². The number of anilines is 1. The zero-order valence-electron chi connectivity index (χ0n) is 18.4. The second-order valence-electron chi connectivity index (χ2n) is 7.23. The Morgan fingerprint density at radius 2 is 1.53 bits per heavy atom. The molecule has 0 N–H and O–H groups in total. The van der Waals surface area contributed by atoms with E-state index in [0.29, 0.717) is 11.5 Å². The van der Waals surface area contributed by atoms with E-state index in [2.05, 4.69) is 6.92 Å². The first-order valence-corrected chi connectivity index (χ1v) is 11.8. The van der Waals surface area contributed by atoms with Crippen molar-refractivity contribution in [2.45, 2.75) is 31.1 Å². The Hall–Kier alpha value is -3.32. The predicted molar refractivity (Wildman–Crippen MR) is 125 cm³/mol. The highest BCUT2D eigenvalue weighted by atomic mass is 32.2. The van der Waals surface area contributed by atoms with Crippen LogP contribution in [-0.2, 0) is 16.4 Å². The van der Waals surface area contributed by atoms with E-state index in [1.807, 2.05) is 12.1 Å². The van der Waals surface area contributed by atoms with Crippen LogP contribution in [0.15, 0.2) is 77.7 Å². The Balaban J connectivity index is 2.09. The fourth-order valence-electron chi connectivity index (χ4n) is 3.33. The fraction of sp³-hybridized carbons (Fsp3) is 0.240. The molecule has 0 bridgehead atoms. The number of unbranched alkanes of at least 4 members (excludes halogenated alkanes) is 1. The van der Waals surface area contributed by atoms with Crippen molar-refractivity contribution in [3.8, 4) is 11.5 Å². The summed E-state index contributed by atoms with van der Waals surface area (Å²) in [6.45, 7) is 2.12. The van der Waals surface area contributed by atoms with Gasteiger partial charge in [-0.15, -0.1) is 0 Å². The van der Waals surface area contributed by atoms with Gasteiger partial charge in [0.15, 0.2) is 11.5 Å². The van der Waals surface area contributed by atoms with E-state index in [9.17, 15) is 13.2 Å². The Morgan fingerprint density at radius 3 is 2.12 bits per heavy atom. The molecule has 0 saturated carbocycles. The van der Waals surface area contributed by atoms with E-state index < -0.39 is 15.9 Å². The van der Waals surface area contributed by atoms with E-state index in [1.54, 1.807) is 36.4 Å². The SMILES string of the molecule is CCCCc1ccc(N(C(=O)c2ccc(OC)c(OC)c2)S(=O)(=O)c2ccccc2)cc1. The molecule has 3 aromatic rings. The van der Waals surface area contributed by atoms with Crippen LogP contribution in [0.3, 0.4) is 0 Å². The van der Waals surface area contributed by atoms with Crippen LogP contribution in [0.2, 0.25) is 0 Å². The monoisotopic (exact) mass is 453 g/mol. The molecule has 0 unspecified atom stereocenters. The number of ether oxygens (including phenoxy) is 2. The van der Waals surface area contributed by atoms with Crippen LogP contribution in [0, 0.1) is 0 Å². The van der Waals surface area contributed by atoms with Gasteiger partial charge in [-0.05, 0) is 60.9 Å². The number of carbonyl (C=O) groups is 1. The molecular formula is C25H27NO5S. The largest absolute Gasteiger partial charge is 0.493 e. The molecule has 0 saturated heterocycles. The molecular weight excluding hydrogens is 426 g/mol. The van der Waals surface area contributed by atoms with Crippen molar-refractivity contribution in [3.05, 3.63) is 83.9 Å². The van der Waals surface area contributed by atoms with Crippen molar-refractivity contribution in [1.82, 2.24) is 0 Å². The highest BCUT2D eigenvalue weighted by molar-refractivity contribution is 7.93. The third kappa shape index (κ3) is 4.94. The van der Waals surface area contributed by atoms with Crippen molar-refractivity contribution in [2.24, 2.45) is 0 Å². The molecule has 1 amide bonds. The summed E-state index contributed by atoms with van der Waals surface area (Å²) in [6.07, 6.45) is 3.00. The summed E-state index contributed by atoms with van der Waals surface area (Å²) in [5.41, 5.74) is 1.53. The Kier molecular flexibility index (Phi) is 7.53. The topological polar surface area (TPSA) is 72.9 Å². The van der Waals surface area contributed by atoms with E-state index in [4.69, 9.17) is 9.47 Å². The summed E-state index contributed by atoms with van der Waals surface area (Å²) in [5, 5.41) is 0. The number of hydrogen-bond donors (Lipinski definition) is 0. The number of hydrogen-bond acceptors (Lipinski definition) is 5. The summed E-state index contributed by atoms with van der Waals surface area (Å²) in [4.78, 5) is 13.6. The maximum absolute atomic E-state index is 13.5. The molecule has 0 fully saturated rings. The average Bonchev–Trinajstić information content (AvgIpc) is 2.83. The number of nitrogens with zero attached hydrogens (tertiary/aromatic N) is 1. The number of rotatable bonds is 9. The molecule has 0 aromatic heterocycles. The van der Waals surface area contributed by atoms with E-state index >= 15 is 0 Å². The third-order valence-corrected chi connectivity index (χ3v) is 6.81. The van der Waals surface area contributed by atoms with Crippen LogP contribution in [0.1, 0.15) is 35.7 Å². The van der Waals surface area contributed by atoms with E-state index in [0.717, 1.165) is 29.1 Å². The number of amides is 1. The van der Waals surface area contributed by atoms with Crippen molar-refractivity contribution >= 4 is 21.6 Å². The summed E-state index contributed by atoms with van der Waals surface area (Å²) in [6, 6.07) is 19.6. The lowest BCUT2D eigenvalue weighted by Crippen LogP contribution is -2.37. The highest BCUT2D eigenvalue weighted by Crippen LogP contribution is 2.31. The second-order valence-corrected chi connectivity index (χ2v) is 9.01. The van der Waals surface area contributed by atoms with Crippen LogP contribution in [-0.4, -0.2) is 28.5 Å². The van der Waals surface area contributed by atoms with Gasteiger partial charge in [-0.2, -0.15) is 4.31 Å². The molecule has 0 atom stereocenters. The maximum atomic E-state index is 13.5. The van der Waals surface area contributed by atoms with Crippen molar-refractivity contribution < 1.29 is 22.7 Å². The lowest BCUT2D eigenvalue weighted by atomic mass is 10.1. The lowest BCUT2D eigenvalue weighted by Gasteiger charge is -2.23. The molecule has 0 heterocycles. The van der Waals surface area contributed by atoms with Crippen LogP contribution >= 0.6 is 0 Å².